The lowest BCUT2D eigenvalue weighted by atomic mass is 10.1. The Morgan fingerprint density at radius 1 is 1.14 bits per heavy atom. The third-order valence-corrected chi connectivity index (χ3v) is 4.54. The number of likely N-dealkylation sites (N-methyl/N-ethyl adjacent to an activating group) is 1. The number of ether oxygens (including phenoxy) is 1. The van der Waals surface area contributed by atoms with E-state index in [1.807, 2.05) is 11.3 Å². The van der Waals surface area contributed by atoms with Gasteiger partial charge >= 0.3 is 0 Å². The molecule has 0 saturated heterocycles. The van der Waals surface area contributed by atoms with Crippen LogP contribution in [0.15, 0.2) is 41.8 Å². The van der Waals surface area contributed by atoms with Crippen molar-refractivity contribution in [3.05, 3.63) is 57.8 Å². The van der Waals surface area contributed by atoms with E-state index < -0.39 is 0 Å². The number of hydrogen-bond acceptors (Lipinski definition) is 4. The second-order valence-corrected chi connectivity index (χ2v) is 6.31. The fraction of sp³-hybridized carbons (Fsp3) is 0.412. The first-order valence-corrected chi connectivity index (χ1v) is 8.06. The fourth-order valence-corrected chi connectivity index (χ4v) is 3.31. The summed E-state index contributed by atoms with van der Waals surface area (Å²) in [6, 6.07) is 13.2. The highest BCUT2D eigenvalue weighted by Crippen LogP contribution is 2.22. The van der Waals surface area contributed by atoms with Crippen molar-refractivity contribution in [1.29, 1.82) is 0 Å². The molecular formula is C17H24N2OS. The first-order chi connectivity index (χ1) is 10.2. The van der Waals surface area contributed by atoms with Gasteiger partial charge in [0, 0.05) is 25.1 Å². The Labute approximate surface area is 131 Å². The van der Waals surface area contributed by atoms with Crippen molar-refractivity contribution in [3.8, 4) is 0 Å². The topological polar surface area (TPSA) is 24.5 Å². The van der Waals surface area contributed by atoms with Crippen LogP contribution in [-0.4, -0.2) is 32.6 Å². The minimum atomic E-state index is 0.416. The average Bonchev–Trinajstić information content (AvgIpc) is 2.99. The molecule has 3 nitrogen and oxygen atoms in total. The van der Waals surface area contributed by atoms with Gasteiger partial charge < -0.3 is 15.0 Å². The number of nitrogens with zero attached hydrogens (tertiary/aromatic N) is 1. The van der Waals surface area contributed by atoms with Crippen LogP contribution in [0.5, 0.6) is 0 Å². The molecule has 0 aliphatic heterocycles. The number of benzene rings is 1. The van der Waals surface area contributed by atoms with E-state index in [1.54, 1.807) is 7.11 Å². The first-order valence-electron chi connectivity index (χ1n) is 7.18. The molecule has 1 aromatic carbocycles. The number of methoxy groups -OCH3 is 1. The summed E-state index contributed by atoms with van der Waals surface area (Å²) < 4.78 is 5.26. The quantitative estimate of drug-likeness (QED) is 0.810. The molecule has 1 heterocycles. The summed E-state index contributed by atoms with van der Waals surface area (Å²) in [4.78, 5) is 3.66. The van der Waals surface area contributed by atoms with E-state index in [2.05, 4.69) is 66.1 Å². The Kier molecular flexibility index (Phi) is 6.39. The van der Waals surface area contributed by atoms with E-state index in [1.165, 1.54) is 16.0 Å². The molecule has 0 bridgehead atoms. The molecule has 1 unspecified atom stereocenters. The smallest absolute Gasteiger partial charge is 0.0716 e. The first kappa shape index (κ1) is 16.2. The third kappa shape index (κ3) is 4.64. The Hall–Kier alpha value is -1.20. The van der Waals surface area contributed by atoms with E-state index in [0.29, 0.717) is 12.6 Å². The Balaban J connectivity index is 1.94. The van der Waals surface area contributed by atoms with Crippen molar-refractivity contribution in [2.45, 2.75) is 19.2 Å². The monoisotopic (exact) mass is 304 g/mol. The van der Waals surface area contributed by atoms with Gasteiger partial charge in [-0.1, -0.05) is 30.3 Å². The molecule has 21 heavy (non-hydrogen) atoms. The second kappa shape index (κ2) is 8.29. The van der Waals surface area contributed by atoms with Crippen LogP contribution in [0, 0.1) is 0 Å². The highest BCUT2D eigenvalue weighted by atomic mass is 32.1. The predicted molar refractivity (Wildman–Crippen MR) is 89.6 cm³/mol. The zero-order valence-electron chi connectivity index (χ0n) is 13.0. The largest absolute Gasteiger partial charge is 0.380 e. The molecular weight excluding hydrogens is 280 g/mol. The van der Waals surface area contributed by atoms with Crippen LogP contribution in [0.4, 0.5) is 0 Å². The molecule has 0 amide bonds. The number of rotatable bonds is 8. The Morgan fingerprint density at radius 3 is 2.52 bits per heavy atom. The highest BCUT2D eigenvalue weighted by molar-refractivity contribution is 7.10. The van der Waals surface area contributed by atoms with Crippen LogP contribution in [0.2, 0.25) is 0 Å². The van der Waals surface area contributed by atoms with Crippen LogP contribution in [0.3, 0.4) is 0 Å². The summed E-state index contributed by atoms with van der Waals surface area (Å²) in [7, 11) is 6.00. The molecule has 1 atom stereocenters. The lowest BCUT2D eigenvalue weighted by Gasteiger charge is -2.24. The van der Waals surface area contributed by atoms with Crippen molar-refractivity contribution in [1.82, 2.24) is 10.2 Å². The molecule has 0 aliphatic rings. The molecule has 2 rings (SSSR count). The third-order valence-electron chi connectivity index (χ3n) is 3.57. The summed E-state index contributed by atoms with van der Waals surface area (Å²) in [5.74, 6) is 0. The second-order valence-electron chi connectivity index (χ2n) is 5.33. The average molecular weight is 304 g/mol. The molecule has 0 aliphatic carbocycles. The zero-order valence-corrected chi connectivity index (χ0v) is 13.8. The molecule has 0 radical (unpaired) electrons. The summed E-state index contributed by atoms with van der Waals surface area (Å²) in [5.41, 5.74) is 2.56. The maximum atomic E-state index is 5.26. The van der Waals surface area contributed by atoms with Crippen LogP contribution in [0.1, 0.15) is 22.0 Å². The predicted octanol–water partition coefficient (Wildman–Crippen LogP) is 3.29. The van der Waals surface area contributed by atoms with Crippen molar-refractivity contribution >= 4 is 11.3 Å². The molecule has 114 valence electrons. The molecule has 0 fully saturated rings. The molecule has 1 N–H and O–H groups in total. The van der Waals surface area contributed by atoms with Gasteiger partial charge in [0.05, 0.1) is 12.6 Å². The van der Waals surface area contributed by atoms with Gasteiger partial charge in [0.25, 0.3) is 0 Å². The molecule has 4 heteroatoms. The van der Waals surface area contributed by atoms with Gasteiger partial charge in [-0.05, 0) is 36.7 Å². The van der Waals surface area contributed by atoms with Crippen LogP contribution >= 0.6 is 11.3 Å². The van der Waals surface area contributed by atoms with E-state index in [4.69, 9.17) is 4.74 Å². The minimum Gasteiger partial charge on any atom is -0.380 e. The summed E-state index contributed by atoms with van der Waals surface area (Å²) >= 11 is 1.82. The molecule has 1 aromatic heterocycles. The molecule has 0 spiro atoms. The number of hydrogen-bond donors (Lipinski definition) is 1. The van der Waals surface area contributed by atoms with Gasteiger partial charge in [0.15, 0.2) is 0 Å². The maximum absolute atomic E-state index is 5.26. The summed E-state index contributed by atoms with van der Waals surface area (Å²) in [5, 5.41) is 5.72. The van der Waals surface area contributed by atoms with Crippen LogP contribution in [0.25, 0.3) is 0 Å². The van der Waals surface area contributed by atoms with E-state index >= 15 is 0 Å². The number of nitrogens with one attached hydrogen (secondary N) is 1. The zero-order chi connectivity index (χ0) is 15.1. The SMILES string of the molecule is COCc1ccccc1CNCC(c1cccs1)N(C)C. The molecule has 0 saturated carbocycles. The van der Waals surface area contributed by atoms with E-state index in [0.717, 1.165) is 13.1 Å². The van der Waals surface area contributed by atoms with Gasteiger partial charge in [-0.3, -0.25) is 0 Å². The van der Waals surface area contributed by atoms with Crippen molar-refractivity contribution in [2.24, 2.45) is 0 Å². The van der Waals surface area contributed by atoms with Gasteiger partial charge in [0.2, 0.25) is 0 Å². The summed E-state index contributed by atoms with van der Waals surface area (Å²) in [6.07, 6.45) is 0. The van der Waals surface area contributed by atoms with Gasteiger partial charge in [0.1, 0.15) is 0 Å². The number of thiophene rings is 1. The minimum absolute atomic E-state index is 0.416. The van der Waals surface area contributed by atoms with Crippen molar-refractivity contribution in [2.75, 3.05) is 27.7 Å². The highest BCUT2D eigenvalue weighted by Gasteiger charge is 2.14. The van der Waals surface area contributed by atoms with Gasteiger partial charge in [-0.2, -0.15) is 0 Å². The Bertz CT molecular complexity index is 525. The van der Waals surface area contributed by atoms with Gasteiger partial charge in [-0.15, -0.1) is 11.3 Å². The molecule has 2 aromatic rings. The summed E-state index contributed by atoms with van der Waals surface area (Å²) in [6.45, 7) is 2.48. The van der Waals surface area contributed by atoms with E-state index in [-0.39, 0.29) is 0 Å². The van der Waals surface area contributed by atoms with Crippen LogP contribution < -0.4 is 5.32 Å². The maximum Gasteiger partial charge on any atom is 0.0716 e. The van der Waals surface area contributed by atoms with E-state index in [9.17, 15) is 0 Å². The van der Waals surface area contributed by atoms with Crippen LogP contribution in [-0.2, 0) is 17.9 Å². The lowest BCUT2D eigenvalue weighted by molar-refractivity contribution is 0.184. The Morgan fingerprint density at radius 2 is 1.90 bits per heavy atom. The lowest BCUT2D eigenvalue weighted by Crippen LogP contribution is -2.30. The van der Waals surface area contributed by atoms with Crippen molar-refractivity contribution in [3.63, 3.8) is 0 Å². The standard InChI is InChI=1S/C17H24N2OS/c1-19(2)16(17-9-6-10-21-17)12-18-11-14-7-4-5-8-15(14)13-20-3/h4-10,16,18H,11-13H2,1-3H3. The fourth-order valence-electron chi connectivity index (χ4n) is 2.39. The normalized spacial score (nSPS) is 12.8. The van der Waals surface area contributed by atoms with Crippen molar-refractivity contribution < 1.29 is 4.74 Å². The van der Waals surface area contributed by atoms with Gasteiger partial charge in [-0.25, -0.2) is 0 Å².